The van der Waals surface area contributed by atoms with E-state index in [0.29, 0.717) is 11.5 Å². The smallest absolute Gasteiger partial charge is 0.324 e. The van der Waals surface area contributed by atoms with Crippen molar-refractivity contribution in [3.63, 3.8) is 0 Å². The van der Waals surface area contributed by atoms with Crippen molar-refractivity contribution in [1.29, 1.82) is 0 Å². The molecule has 1 aliphatic carbocycles. The summed E-state index contributed by atoms with van der Waals surface area (Å²) in [6.45, 7) is -0.250. The third-order valence-corrected chi connectivity index (χ3v) is 7.21. The highest BCUT2D eigenvalue weighted by atomic mass is 32.2. The van der Waals surface area contributed by atoms with Crippen LogP contribution in [0.2, 0.25) is 0 Å². The van der Waals surface area contributed by atoms with Crippen molar-refractivity contribution in [3.8, 4) is 0 Å². The van der Waals surface area contributed by atoms with E-state index < -0.39 is 11.2 Å². The summed E-state index contributed by atoms with van der Waals surface area (Å²) in [6.07, 6.45) is 6.34. The molecule has 0 heterocycles. The number of ketones is 1. The van der Waals surface area contributed by atoms with Crippen LogP contribution in [-0.4, -0.2) is 18.4 Å². The molecular formula is C28H28O3S. The number of carbonyl (C=O) groups is 2. The van der Waals surface area contributed by atoms with Gasteiger partial charge in [-0.05, 0) is 42.0 Å². The number of hydrogen-bond donors (Lipinski definition) is 0. The first kappa shape index (κ1) is 22.3. The van der Waals surface area contributed by atoms with Gasteiger partial charge in [-0.1, -0.05) is 92.1 Å². The van der Waals surface area contributed by atoms with E-state index in [-0.39, 0.29) is 12.4 Å². The number of ether oxygens (including phenoxy) is 1. The molecule has 3 aromatic rings. The Hall–Kier alpha value is -2.85. The van der Waals surface area contributed by atoms with Crippen LogP contribution in [0.25, 0.3) is 0 Å². The van der Waals surface area contributed by atoms with Crippen LogP contribution in [0.1, 0.15) is 64.8 Å². The molecule has 0 spiro atoms. The zero-order valence-corrected chi connectivity index (χ0v) is 18.9. The van der Waals surface area contributed by atoms with Crippen LogP contribution >= 0.6 is 11.8 Å². The van der Waals surface area contributed by atoms with Gasteiger partial charge in [-0.2, -0.15) is 0 Å². The molecule has 1 atom stereocenters. The molecular weight excluding hydrogens is 416 g/mol. The average molecular weight is 445 g/mol. The van der Waals surface area contributed by atoms with Crippen LogP contribution in [0.3, 0.4) is 0 Å². The first-order valence-electron chi connectivity index (χ1n) is 11.3. The van der Waals surface area contributed by atoms with Gasteiger partial charge < -0.3 is 4.74 Å². The molecule has 0 amide bonds. The van der Waals surface area contributed by atoms with Gasteiger partial charge in [0.05, 0.1) is 0 Å². The van der Waals surface area contributed by atoms with Crippen LogP contribution in [0.5, 0.6) is 0 Å². The molecule has 164 valence electrons. The van der Waals surface area contributed by atoms with Crippen molar-refractivity contribution in [2.24, 2.45) is 0 Å². The Bertz CT molecular complexity index is 1010. The van der Waals surface area contributed by atoms with E-state index in [9.17, 15) is 9.59 Å². The summed E-state index contributed by atoms with van der Waals surface area (Å²) in [5, 5.41) is -0.528. The maximum absolute atomic E-state index is 12.9. The Kier molecular flexibility index (Phi) is 7.78. The van der Waals surface area contributed by atoms with Crippen molar-refractivity contribution >= 4 is 23.5 Å². The van der Waals surface area contributed by atoms with E-state index in [0.717, 1.165) is 10.5 Å². The molecule has 0 aliphatic heterocycles. The van der Waals surface area contributed by atoms with Gasteiger partial charge in [0.15, 0.2) is 12.4 Å². The second kappa shape index (κ2) is 11.1. The van der Waals surface area contributed by atoms with Crippen LogP contribution < -0.4 is 0 Å². The van der Waals surface area contributed by atoms with Crippen molar-refractivity contribution in [1.82, 2.24) is 0 Å². The summed E-state index contributed by atoms with van der Waals surface area (Å²) in [5.74, 6) is 0.0228. The van der Waals surface area contributed by atoms with Crippen molar-refractivity contribution in [2.45, 2.75) is 48.2 Å². The Labute approximate surface area is 194 Å². The van der Waals surface area contributed by atoms with E-state index in [4.69, 9.17) is 4.74 Å². The Morgan fingerprint density at radius 1 is 0.812 bits per heavy atom. The fourth-order valence-corrected chi connectivity index (χ4v) is 5.23. The van der Waals surface area contributed by atoms with E-state index in [1.807, 2.05) is 72.8 Å². The molecule has 1 aliphatic rings. The minimum atomic E-state index is -0.528. The number of rotatable bonds is 8. The monoisotopic (exact) mass is 444 g/mol. The molecule has 3 nitrogen and oxygen atoms in total. The summed E-state index contributed by atoms with van der Waals surface area (Å²) in [5.41, 5.74) is 2.75. The predicted octanol–water partition coefficient (Wildman–Crippen LogP) is 6.99. The second-order valence-corrected chi connectivity index (χ2v) is 9.39. The number of carbonyl (C=O) groups excluding carboxylic acids is 2. The van der Waals surface area contributed by atoms with E-state index in [1.165, 1.54) is 49.4 Å². The number of Topliss-reactive ketones (excluding diaryl/α,β-unsaturated/α-hetero) is 1. The van der Waals surface area contributed by atoms with E-state index in [2.05, 4.69) is 12.1 Å². The first-order chi connectivity index (χ1) is 15.7. The second-order valence-electron chi connectivity index (χ2n) is 8.21. The Morgan fingerprint density at radius 2 is 1.44 bits per heavy atom. The molecule has 3 aromatic carbocycles. The fourth-order valence-electron chi connectivity index (χ4n) is 4.19. The lowest BCUT2D eigenvalue weighted by molar-refractivity contribution is -0.142. The molecule has 0 aromatic heterocycles. The topological polar surface area (TPSA) is 43.4 Å². The standard InChI is InChI=1S/C28H28O3S/c29-26(23-18-16-22(17-19-23)21-10-4-1-5-11-21)20-31-28(30)27(24-12-6-2-7-13-24)32-25-14-8-3-9-15-25/h2-3,6-9,12-19,21,27H,1,4-5,10-11,20H2/t27-/m1/s1. The summed E-state index contributed by atoms with van der Waals surface area (Å²) >= 11 is 1.43. The molecule has 0 radical (unpaired) electrons. The lowest BCUT2D eigenvalue weighted by atomic mass is 9.84. The Balaban J connectivity index is 1.39. The SMILES string of the molecule is O=C(COC(=O)[C@H](Sc1ccccc1)c1ccccc1)c1ccc(C2CCCCC2)cc1. The zero-order chi connectivity index (χ0) is 22.2. The molecule has 1 fully saturated rings. The number of thioether (sulfide) groups is 1. The molecule has 0 bridgehead atoms. The highest BCUT2D eigenvalue weighted by Gasteiger charge is 2.24. The molecule has 4 rings (SSSR count). The van der Waals surface area contributed by atoms with Gasteiger partial charge in [0.25, 0.3) is 0 Å². The lowest BCUT2D eigenvalue weighted by Gasteiger charge is -2.22. The predicted molar refractivity (Wildman–Crippen MR) is 129 cm³/mol. The maximum atomic E-state index is 12.9. The van der Waals surface area contributed by atoms with Crippen LogP contribution in [0.4, 0.5) is 0 Å². The third kappa shape index (κ3) is 5.89. The fraction of sp³-hybridized carbons (Fsp3) is 0.286. The summed E-state index contributed by atoms with van der Waals surface area (Å²) in [7, 11) is 0. The van der Waals surface area contributed by atoms with Gasteiger partial charge >= 0.3 is 5.97 Å². The highest BCUT2D eigenvalue weighted by molar-refractivity contribution is 8.00. The quantitative estimate of drug-likeness (QED) is 0.213. The molecule has 0 unspecified atom stereocenters. The number of esters is 1. The summed E-state index contributed by atoms with van der Waals surface area (Å²) < 4.78 is 5.48. The van der Waals surface area contributed by atoms with Crippen molar-refractivity contribution in [2.75, 3.05) is 6.61 Å². The zero-order valence-electron chi connectivity index (χ0n) is 18.1. The molecule has 4 heteroatoms. The van der Waals surface area contributed by atoms with Crippen molar-refractivity contribution < 1.29 is 14.3 Å². The van der Waals surface area contributed by atoms with Gasteiger partial charge in [-0.3, -0.25) is 9.59 Å². The minimum Gasteiger partial charge on any atom is -0.456 e. The normalized spacial score (nSPS) is 15.1. The minimum absolute atomic E-state index is 0.176. The maximum Gasteiger partial charge on any atom is 0.324 e. The highest BCUT2D eigenvalue weighted by Crippen LogP contribution is 2.36. The van der Waals surface area contributed by atoms with Crippen LogP contribution in [0.15, 0.2) is 89.8 Å². The van der Waals surface area contributed by atoms with Gasteiger partial charge in [0, 0.05) is 10.5 Å². The molecule has 32 heavy (non-hydrogen) atoms. The molecule has 0 N–H and O–H groups in total. The number of benzene rings is 3. The van der Waals surface area contributed by atoms with Gasteiger partial charge in [-0.15, -0.1) is 11.8 Å². The largest absolute Gasteiger partial charge is 0.456 e. The third-order valence-electron chi connectivity index (χ3n) is 5.97. The van der Waals surface area contributed by atoms with Gasteiger partial charge in [-0.25, -0.2) is 0 Å². The van der Waals surface area contributed by atoms with Gasteiger partial charge in [0.1, 0.15) is 5.25 Å². The first-order valence-corrected chi connectivity index (χ1v) is 12.1. The Morgan fingerprint density at radius 3 is 2.09 bits per heavy atom. The molecule has 0 saturated heterocycles. The van der Waals surface area contributed by atoms with Gasteiger partial charge in [0.2, 0.25) is 0 Å². The van der Waals surface area contributed by atoms with Crippen LogP contribution in [-0.2, 0) is 9.53 Å². The summed E-state index contributed by atoms with van der Waals surface area (Å²) in [6, 6.07) is 27.2. The lowest BCUT2D eigenvalue weighted by Crippen LogP contribution is -2.18. The molecule has 1 saturated carbocycles. The van der Waals surface area contributed by atoms with E-state index in [1.54, 1.807) is 0 Å². The number of hydrogen-bond acceptors (Lipinski definition) is 4. The van der Waals surface area contributed by atoms with Crippen LogP contribution in [0, 0.1) is 0 Å². The van der Waals surface area contributed by atoms with E-state index >= 15 is 0 Å². The van der Waals surface area contributed by atoms with Crippen molar-refractivity contribution in [3.05, 3.63) is 102 Å². The average Bonchev–Trinajstić information content (AvgIpc) is 2.87. The summed E-state index contributed by atoms with van der Waals surface area (Å²) in [4.78, 5) is 26.6.